The Morgan fingerprint density at radius 3 is 2.62 bits per heavy atom. The van der Waals surface area contributed by atoms with Crippen LogP contribution in [0.5, 0.6) is 5.75 Å². The Morgan fingerprint density at radius 2 is 1.93 bits per heavy atom. The van der Waals surface area contributed by atoms with Crippen LogP contribution < -0.4 is 10.1 Å². The number of amides is 1. The van der Waals surface area contributed by atoms with Crippen LogP contribution in [-0.2, 0) is 24.8 Å². The van der Waals surface area contributed by atoms with Crippen LogP contribution >= 0.6 is 0 Å². The Bertz CT molecular complexity index is 777. The van der Waals surface area contributed by atoms with Crippen molar-refractivity contribution in [3.8, 4) is 5.75 Å². The minimum absolute atomic E-state index is 0.0892. The van der Waals surface area contributed by atoms with Gasteiger partial charge in [0.25, 0.3) is 5.91 Å². The Kier molecular flexibility index (Phi) is 9.64. The van der Waals surface area contributed by atoms with Crippen molar-refractivity contribution in [2.24, 2.45) is 7.05 Å². The van der Waals surface area contributed by atoms with Crippen LogP contribution in [0.25, 0.3) is 0 Å². The molecular weight excluding hydrogens is 373 g/mol. The monoisotopic (exact) mass is 405 g/mol. The molecule has 29 heavy (non-hydrogen) atoms. The summed E-state index contributed by atoms with van der Waals surface area (Å²) >= 11 is 0. The van der Waals surface area contributed by atoms with Crippen LogP contribution in [0.3, 0.4) is 0 Å². The SMILES string of the molecule is CCOCCCCCCOc1cccc(CNC(=O)c2cc(CC)nn2C)c1F. The number of benzene rings is 1. The van der Waals surface area contributed by atoms with E-state index in [1.807, 2.05) is 13.8 Å². The zero-order chi connectivity index (χ0) is 21.1. The van der Waals surface area contributed by atoms with Crippen molar-refractivity contribution < 1.29 is 18.7 Å². The van der Waals surface area contributed by atoms with Crippen molar-refractivity contribution in [3.05, 3.63) is 47.0 Å². The van der Waals surface area contributed by atoms with Crippen molar-refractivity contribution in [3.63, 3.8) is 0 Å². The van der Waals surface area contributed by atoms with Gasteiger partial charge in [-0.25, -0.2) is 4.39 Å². The standard InChI is InChI=1S/C22H32FN3O3/c1-4-18-15-19(26(3)25-18)22(27)24-16-17-11-10-12-20(21(17)23)29-14-9-7-6-8-13-28-5-2/h10-12,15H,4-9,13-14,16H2,1-3H3,(H,24,27). The molecular formula is C22H32FN3O3. The molecule has 0 bridgehead atoms. The van der Waals surface area contributed by atoms with Gasteiger partial charge in [0, 0.05) is 32.4 Å². The number of rotatable bonds is 13. The largest absolute Gasteiger partial charge is 0.491 e. The first-order chi connectivity index (χ1) is 14.1. The van der Waals surface area contributed by atoms with Gasteiger partial charge in [-0.2, -0.15) is 5.10 Å². The summed E-state index contributed by atoms with van der Waals surface area (Å²) in [5.74, 6) is -0.485. The van der Waals surface area contributed by atoms with Crippen molar-refractivity contribution in [1.29, 1.82) is 0 Å². The summed E-state index contributed by atoms with van der Waals surface area (Å²) in [6.45, 7) is 6.07. The van der Waals surface area contributed by atoms with E-state index in [0.29, 0.717) is 17.9 Å². The first-order valence-corrected chi connectivity index (χ1v) is 10.4. The number of ether oxygens (including phenoxy) is 2. The fraction of sp³-hybridized carbons (Fsp3) is 0.545. The number of carbonyl (C=O) groups is 1. The molecule has 0 saturated carbocycles. The van der Waals surface area contributed by atoms with Gasteiger partial charge in [0.2, 0.25) is 0 Å². The second-order valence-electron chi connectivity index (χ2n) is 6.87. The summed E-state index contributed by atoms with van der Waals surface area (Å²) < 4.78 is 27.1. The molecule has 1 aromatic heterocycles. The topological polar surface area (TPSA) is 65.4 Å². The molecule has 1 amide bonds. The molecule has 2 aromatic rings. The molecule has 0 fully saturated rings. The normalized spacial score (nSPS) is 10.9. The molecule has 1 aromatic carbocycles. The molecule has 0 aliphatic carbocycles. The number of nitrogens with zero attached hydrogens (tertiary/aromatic N) is 2. The fourth-order valence-corrected chi connectivity index (χ4v) is 2.97. The average molecular weight is 406 g/mol. The summed E-state index contributed by atoms with van der Waals surface area (Å²) in [5, 5.41) is 7.02. The van der Waals surface area contributed by atoms with E-state index in [4.69, 9.17) is 9.47 Å². The minimum Gasteiger partial charge on any atom is -0.491 e. The summed E-state index contributed by atoms with van der Waals surface area (Å²) in [4.78, 5) is 12.4. The van der Waals surface area contributed by atoms with Crippen molar-refractivity contribution in [2.45, 2.75) is 52.5 Å². The van der Waals surface area contributed by atoms with Gasteiger partial charge in [-0.05, 0) is 44.7 Å². The third-order valence-electron chi connectivity index (χ3n) is 4.65. The molecule has 0 saturated heterocycles. The lowest BCUT2D eigenvalue weighted by Gasteiger charge is -2.11. The van der Waals surface area contributed by atoms with Gasteiger partial charge in [0.15, 0.2) is 11.6 Å². The van der Waals surface area contributed by atoms with E-state index < -0.39 is 5.82 Å². The third kappa shape index (κ3) is 7.16. The van der Waals surface area contributed by atoms with Gasteiger partial charge in [-0.15, -0.1) is 0 Å². The highest BCUT2D eigenvalue weighted by molar-refractivity contribution is 5.92. The number of hydrogen-bond acceptors (Lipinski definition) is 4. The molecule has 160 valence electrons. The van der Waals surface area contributed by atoms with Gasteiger partial charge < -0.3 is 14.8 Å². The lowest BCUT2D eigenvalue weighted by atomic mass is 10.2. The van der Waals surface area contributed by atoms with E-state index in [-0.39, 0.29) is 18.2 Å². The van der Waals surface area contributed by atoms with Gasteiger partial charge in [-0.3, -0.25) is 9.48 Å². The van der Waals surface area contributed by atoms with Crippen LogP contribution in [-0.4, -0.2) is 35.5 Å². The van der Waals surface area contributed by atoms with E-state index >= 15 is 0 Å². The predicted molar refractivity (Wildman–Crippen MR) is 111 cm³/mol. The van der Waals surface area contributed by atoms with E-state index in [1.165, 1.54) is 0 Å². The van der Waals surface area contributed by atoms with Crippen molar-refractivity contribution in [2.75, 3.05) is 19.8 Å². The van der Waals surface area contributed by atoms with Crippen molar-refractivity contribution in [1.82, 2.24) is 15.1 Å². The zero-order valence-corrected chi connectivity index (χ0v) is 17.7. The van der Waals surface area contributed by atoms with Crippen LogP contribution in [0.15, 0.2) is 24.3 Å². The highest BCUT2D eigenvalue weighted by Gasteiger charge is 2.14. The van der Waals surface area contributed by atoms with Gasteiger partial charge in [0.1, 0.15) is 5.69 Å². The number of halogens is 1. The molecule has 0 unspecified atom stereocenters. The fourth-order valence-electron chi connectivity index (χ4n) is 2.97. The molecule has 0 aliphatic rings. The average Bonchev–Trinajstić information content (AvgIpc) is 3.11. The van der Waals surface area contributed by atoms with Crippen LogP contribution in [0.1, 0.15) is 61.3 Å². The lowest BCUT2D eigenvalue weighted by Crippen LogP contribution is -2.25. The van der Waals surface area contributed by atoms with E-state index in [1.54, 1.807) is 36.0 Å². The second kappa shape index (κ2) is 12.2. The number of unbranched alkanes of at least 4 members (excludes halogenated alkanes) is 3. The van der Waals surface area contributed by atoms with Gasteiger partial charge >= 0.3 is 0 Å². The lowest BCUT2D eigenvalue weighted by molar-refractivity contribution is 0.0941. The van der Waals surface area contributed by atoms with E-state index in [0.717, 1.165) is 51.0 Å². The molecule has 2 rings (SSSR count). The molecule has 7 heteroatoms. The third-order valence-corrected chi connectivity index (χ3v) is 4.65. The summed E-state index contributed by atoms with van der Waals surface area (Å²) in [5.41, 5.74) is 1.70. The number of carbonyl (C=O) groups excluding carboxylic acids is 1. The maximum Gasteiger partial charge on any atom is 0.269 e. The zero-order valence-electron chi connectivity index (χ0n) is 17.7. The maximum absolute atomic E-state index is 14.7. The predicted octanol–water partition coefficient (Wildman–Crippen LogP) is 4.03. The summed E-state index contributed by atoms with van der Waals surface area (Å²) in [7, 11) is 1.72. The maximum atomic E-state index is 14.7. The Morgan fingerprint density at radius 1 is 1.17 bits per heavy atom. The van der Waals surface area contributed by atoms with Crippen molar-refractivity contribution >= 4 is 5.91 Å². The second-order valence-corrected chi connectivity index (χ2v) is 6.87. The molecule has 0 spiro atoms. The smallest absolute Gasteiger partial charge is 0.269 e. The molecule has 0 atom stereocenters. The number of nitrogens with one attached hydrogen (secondary N) is 1. The Balaban J connectivity index is 1.80. The van der Waals surface area contributed by atoms with E-state index in [2.05, 4.69) is 10.4 Å². The number of aromatic nitrogens is 2. The van der Waals surface area contributed by atoms with Gasteiger partial charge in [-0.1, -0.05) is 25.5 Å². The van der Waals surface area contributed by atoms with Gasteiger partial charge in [0.05, 0.1) is 12.3 Å². The molecule has 0 aliphatic heterocycles. The first kappa shape index (κ1) is 22.9. The quantitative estimate of drug-likeness (QED) is 0.511. The molecule has 0 radical (unpaired) electrons. The first-order valence-electron chi connectivity index (χ1n) is 10.4. The summed E-state index contributed by atoms with van der Waals surface area (Å²) in [6, 6.07) is 6.75. The Hall–Kier alpha value is -2.41. The number of aryl methyl sites for hydroxylation is 2. The highest BCUT2D eigenvalue weighted by Crippen LogP contribution is 2.21. The highest BCUT2D eigenvalue weighted by atomic mass is 19.1. The van der Waals surface area contributed by atoms with Crippen LogP contribution in [0, 0.1) is 5.82 Å². The minimum atomic E-state index is -0.427. The molecule has 1 heterocycles. The van der Waals surface area contributed by atoms with E-state index in [9.17, 15) is 9.18 Å². The number of hydrogen-bond donors (Lipinski definition) is 1. The molecule has 1 N–H and O–H groups in total. The summed E-state index contributed by atoms with van der Waals surface area (Å²) in [6.07, 6.45) is 4.75. The Labute approximate surface area is 172 Å². The van der Waals surface area contributed by atoms with Crippen LogP contribution in [0.2, 0.25) is 0 Å². The van der Waals surface area contributed by atoms with Crippen LogP contribution in [0.4, 0.5) is 4.39 Å². The molecule has 6 nitrogen and oxygen atoms in total.